The van der Waals surface area contributed by atoms with Crippen molar-refractivity contribution in [3.8, 4) is 0 Å². The highest BCUT2D eigenvalue weighted by Gasteiger charge is 2.37. The van der Waals surface area contributed by atoms with Gasteiger partial charge in [0.25, 0.3) is 0 Å². The van der Waals surface area contributed by atoms with Gasteiger partial charge in [-0.15, -0.1) is 0 Å². The molecule has 1 fully saturated rings. The molecule has 5 nitrogen and oxygen atoms in total. The van der Waals surface area contributed by atoms with Gasteiger partial charge in [-0.05, 0) is 19.8 Å². The minimum atomic E-state index is -0.654. The molecule has 0 spiro atoms. The number of nitrogens with two attached hydrogens (primary N) is 1. The van der Waals surface area contributed by atoms with Crippen LogP contribution >= 0.6 is 11.8 Å². The van der Waals surface area contributed by atoms with E-state index in [9.17, 15) is 4.79 Å². The third-order valence-corrected chi connectivity index (χ3v) is 3.83. The molecule has 1 heterocycles. The Morgan fingerprint density at radius 1 is 1.81 bits per heavy atom. The summed E-state index contributed by atoms with van der Waals surface area (Å²) in [4.78, 5) is 18.6. The number of aromatic nitrogens is 2. The highest BCUT2D eigenvalue weighted by molar-refractivity contribution is 7.99. The van der Waals surface area contributed by atoms with Crippen molar-refractivity contribution in [3.05, 3.63) is 12.4 Å². The van der Waals surface area contributed by atoms with Crippen LogP contribution in [0.15, 0.2) is 17.6 Å². The molecule has 1 aliphatic carbocycles. The molecule has 0 radical (unpaired) electrons. The number of hydrogen-bond donors (Lipinski definition) is 3. The first-order valence-electron chi connectivity index (χ1n) is 5.30. The van der Waals surface area contributed by atoms with E-state index in [1.54, 1.807) is 12.4 Å². The first-order valence-corrected chi connectivity index (χ1v) is 6.28. The van der Waals surface area contributed by atoms with Gasteiger partial charge in [-0.1, -0.05) is 11.8 Å². The number of nitrogens with one attached hydrogen (secondary N) is 2. The zero-order valence-electron chi connectivity index (χ0n) is 9.19. The minimum absolute atomic E-state index is 0.307. The minimum Gasteiger partial charge on any atom is -0.368 e. The smallest absolute Gasteiger partial charge is 0.238 e. The summed E-state index contributed by atoms with van der Waals surface area (Å²) in [5.74, 6) is 0.283. The Bertz CT molecular complexity index is 363. The molecule has 1 atom stereocenters. The fourth-order valence-corrected chi connectivity index (χ4v) is 2.34. The summed E-state index contributed by atoms with van der Waals surface area (Å²) in [7, 11) is 0. The van der Waals surface area contributed by atoms with Crippen LogP contribution in [0.1, 0.15) is 19.8 Å². The van der Waals surface area contributed by atoms with Gasteiger partial charge in [0.15, 0.2) is 5.16 Å². The predicted molar refractivity (Wildman–Crippen MR) is 63.1 cm³/mol. The monoisotopic (exact) mass is 240 g/mol. The van der Waals surface area contributed by atoms with Gasteiger partial charge in [0.05, 0.1) is 0 Å². The molecule has 1 aromatic rings. The average molecular weight is 240 g/mol. The summed E-state index contributed by atoms with van der Waals surface area (Å²) in [6.45, 7) is 1.85. The van der Waals surface area contributed by atoms with Gasteiger partial charge in [-0.2, -0.15) is 0 Å². The van der Waals surface area contributed by atoms with Crippen molar-refractivity contribution in [1.29, 1.82) is 0 Å². The molecule has 6 heteroatoms. The molecule has 2 rings (SSSR count). The number of primary amides is 1. The van der Waals surface area contributed by atoms with Gasteiger partial charge in [-0.25, -0.2) is 4.98 Å². The van der Waals surface area contributed by atoms with Crippen LogP contribution in [0.5, 0.6) is 0 Å². The van der Waals surface area contributed by atoms with Crippen molar-refractivity contribution < 1.29 is 4.79 Å². The lowest BCUT2D eigenvalue weighted by Crippen LogP contribution is -2.55. The Labute approximate surface area is 98.6 Å². The Hall–Kier alpha value is -1.01. The summed E-state index contributed by atoms with van der Waals surface area (Å²) in [5, 5.41) is 4.10. The number of amides is 1. The third kappa shape index (κ3) is 2.76. The molecule has 0 saturated heterocycles. The Balaban J connectivity index is 1.93. The number of imidazole rings is 1. The molecular weight excluding hydrogens is 224 g/mol. The number of carbonyl (C=O) groups excluding carboxylic acids is 1. The largest absolute Gasteiger partial charge is 0.368 e. The topological polar surface area (TPSA) is 83.8 Å². The lowest BCUT2D eigenvalue weighted by atomic mass is 10.1. The Kier molecular flexibility index (Phi) is 3.20. The lowest BCUT2D eigenvalue weighted by Gasteiger charge is -2.26. The van der Waals surface area contributed by atoms with E-state index in [-0.39, 0.29) is 5.91 Å². The van der Waals surface area contributed by atoms with Crippen molar-refractivity contribution in [1.82, 2.24) is 15.3 Å². The predicted octanol–water partition coefficient (Wildman–Crippen LogP) is 0.498. The van der Waals surface area contributed by atoms with Crippen LogP contribution < -0.4 is 11.1 Å². The maximum atomic E-state index is 11.5. The van der Waals surface area contributed by atoms with Crippen molar-refractivity contribution >= 4 is 17.7 Å². The van der Waals surface area contributed by atoms with E-state index in [0.717, 1.165) is 18.0 Å². The number of hydrogen-bond acceptors (Lipinski definition) is 4. The first-order chi connectivity index (χ1) is 7.60. The summed E-state index contributed by atoms with van der Waals surface area (Å²) >= 11 is 1.50. The molecule has 0 aromatic carbocycles. The van der Waals surface area contributed by atoms with E-state index < -0.39 is 5.54 Å². The van der Waals surface area contributed by atoms with E-state index in [2.05, 4.69) is 15.3 Å². The lowest BCUT2D eigenvalue weighted by molar-refractivity contribution is -0.123. The van der Waals surface area contributed by atoms with Crippen molar-refractivity contribution in [2.24, 2.45) is 5.73 Å². The van der Waals surface area contributed by atoms with Crippen molar-refractivity contribution in [3.63, 3.8) is 0 Å². The van der Waals surface area contributed by atoms with Gasteiger partial charge in [0.2, 0.25) is 5.91 Å². The molecular formula is C10H16N4OS. The van der Waals surface area contributed by atoms with Crippen LogP contribution in [0.2, 0.25) is 0 Å². The van der Waals surface area contributed by atoms with Crippen molar-refractivity contribution in [2.45, 2.75) is 36.5 Å². The zero-order valence-corrected chi connectivity index (χ0v) is 10.0. The molecule has 88 valence electrons. The summed E-state index contributed by atoms with van der Waals surface area (Å²) in [6, 6.07) is 0.453. The second-order valence-corrected chi connectivity index (χ2v) is 5.26. The molecule has 16 heavy (non-hydrogen) atoms. The average Bonchev–Trinajstić information content (AvgIpc) is 2.89. The van der Waals surface area contributed by atoms with Gasteiger partial charge in [-0.3, -0.25) is 4.79 Å². The van der Waals surface area contributed by atoms with Gasteiger partial charge < -0.3 is 16.0 Å². The van der Waals surface area contributed by atoms with E-state index in [1.165, 1.54) is 11.8 Å². The second-order valence-electron chi connectivity index (χ2n) is 4.30. The molecule has 1 unspecified atom stereocenters. The third-order valence-electron chi connectivity index (χ3n) is 2.61. The Morgan fingerprint density at radius 2 is 2.56 bits per heavy atom. The van der Waals surface area contributed by atoms with E-state index in [0.29, 0.717) is 11.8 Å². The normalized spacial score (nSPS) is 19.3. The Morgan fingerprint density at radius 3 is 3.06 bits per heavy atom. The fraction of sp³-hybridized carbons (Fsp3) is 0.600. The van der Waals surface area contributed by atoms with Crippen LogP contribution in [0.4, 0.5) is 0 Å². The maximum absolute atomic E-state index is 11.5. The molecule has 0 bridgehead atoms. The molecule has 1 amide bonds. The highest BCUT2D eigenvalue weighted by Crippen LogP contribution is 2.25. The number of rotatable bonds is 6. The number of H-pyrrole nitrogens is 1. The van der Waals surface area contributed by atoms with Gasteiger partial charge in [0, 0.05) is 24.2 Å². The van der Waals surface area contributed by atoms with Gasteiger partial charge >= 0.3 is 0 Å². The first kappa shape index (κ1) is 11.5. The molecule has 1 aliphatic rings. The highest BCUT2D eigenvalue weighted by atomic mass is 32.2. The zero-order chi connectivity index (χ0) is 11.6. The number of carbonyl (C=O) groups is 1. The fourth-order valence-electron chi connectivity index (χ4n) is 1.40. The molecule has 1 saturated carbocycles. The molecule has 4 N–H and O–H groups in total. The second kappa shape index (κ2) is 4.47. The van der Waals surface area contributed by atoms with Crippen LogP contribution in [0.3, 0.4) is 0 Å². The molecule has 1 aromatic heterocycles. The SMILES string of the molecule is CC(CSc1ncc[nH]1)(NC1CC1)C(N)=O. The number of aromatic amines is 1. The quantitative estimate of drug-likeness (QED) is 0.632. The van der Waals surface area contributed by atoms with Crippen LogP contribution in [0, 0.1) is 0 Å². The summed E-state index contributed by atoms with van der Waals surface area (Å²) in [5.41, 5.74) is 4.79. The van der Waals surface area contributed by atoms with Crippen molar-refractivity contribution in [2.75, 3.05) is 5.75 Å². The number of nitrogens with zero attached hydrogens (tertiary/aromatic N) is 1. The van der Waals surface area contributed by atoms with Gasteiger partial charge in [0.1, 0.15) is 5.54 Å². The van der Waals surface area contributed by atoms with Crippen LogP contribution in [-0.4, -0.2) is 33.2 Å². The van der Waals surface area contributed by atoms with Crippen LogP contribution in [0.25, 0.3) is 0 Å². The maximum Gasteiger partial charge on any atom is 0.238 e. The molecule has 0 aliphatic heterocycles. The summed E-state index contributed by atoms with van der Waals surface area (Å²) < 4.78 is 0. The van der Waals surface area contributed by atoms with Crippen LogP contribution in [-0.2, 0) is 4.79 Å². The van der Waals surface area contributed by atoms with E-state index >= 15 is 0 Å². The number of thioether (sulfide) groups is 1. The van der Waals surface area contributed by atoms with E-state index in [4.69, 9.17) is 5.73 Å². The summed E-state index contributed by atoms with van der Waals surface area (Å²) in [6.07, 6.45) is 5.72. The standard InChI is InChI=1S/C10H16N4OS/c1-10(8(11)15,14-7-2-3-7)6-16-9-12-4-5-13-9/h4-5,7,14H,2-3,6H2,1H3,(H2,11,15)(H,12,13). The van der Waals surface area contributed by atoms with E-state index in [1.807, 2.05) is 6.92 Å².